The second-order valence-corrected chi connectivity index (χ2v) is 8.55. The number of carbonyl (C=O) groups is 1. The molecular weight excluding hydrogens is 372 g/mol. The van der Waals surface area contributed by atoms with Gasteiger partial charge in [-0.2, -0.15) is 0 Å². The molecule has 1 aliphatic rings. The first-order chi connectivity index (χ1) is 12.5. The first-order valence-corrected chi connectivity index (χ1v) is 10.4. The molecule has 1 N–H and O–H groups in total. The minimum atomic E-state index is -3.67. The summed E-state index contributed by atoms with van der Waals surface area (Å²) in [5.74, 6) is -0.0369. The molecule has 0 unspecified atom stereocenters. The molecule has 138 valence electrons. The van der Waals surface area contributed by atoms with Crippen molar-refractivity contribution in [1.29, 1.82) is 0 Å². The third-order valence-electron chi connectivity index (χ3n) is 4.24. The molecular formula is C19H21ClN2O3S. The number of nitrogens with one attached hydrogen (secondary N) is 1. The lowest BCUT2D eigenvalue weighted by Crippen LogP contribution is -2.35. The van der Waals surface area contributed by atoms with Crippen LogP contribution in [0.4, 0.5) is 0 Å². The zero-order valence-electron chi connectivity index (χ0n) is 14.3. The number of rotatable bonds is 8. The summed E-state index contributed by atoms with van der Waals surface area (Å²) in [6.07, 6.45) is 2.14. The van der Waals surface area contributed by atoms with Gasteiger partial charge in [-0.3, -0.25) is 4.79 Å². The number of sulfonamides is 1. The van der Waals surface area contributed by atoms with E-state index >= 15 is 0 Å². The predicted octanol–water partition coefficient (Wildman–Crippen LogP) is 3.20. The Morgan fingerprint density at radius 1 is 1.12 bits per heavy atom. The Labute approximate surface area is 159 Å². The first kappa shape index (κ1) is 18.9. The fourth-order valence-corrected chi connectivity index (χ4v) is 4.07. The van der Waals surface area contributed by atoms with Crippen LogP contribution >= 0.6 is 11.6 Å². The van der Waals surface area contributed by atoms with E-state index in [1.165, 1.54) is 12.1 Å². The molecule has 7 heteroatoms. The molecule has 2 aromatic rings. The van der Waals surface area contributed by atoms with Gasteiger partial charge in [0.2, 0.25) is 15.9 Å². The van der Waals surface area contributed by atoms with Crippen LogP contribution in [0, 0.1) is 0 Å². The summed E-state index contributed by atoms with van der Waals surface area (Å²) in [4.78, 5) is 14.5. The molecule has 1 amide bonds. The summed E-state index contributed by atoms with van der Waals surface area (Å²) in [6.45, 7) is 0.622. The van der Waals surface area contributed by atoms with Crippen LogP contribution in [0.25, 0.3) is 0 Å². The van der Waals surface area contributed by atoms with E-state index in [0.29, 0.717) is 11.6 Å². The van der Waals surface area contributed by atoms with Crippen molar-refractivity contribution in [2.75, 3.05) is 6.54 Å². The second-order valence-electron chi connectivity index (χ2n) is 6.34. The number of benzene rings is 2. The van der Waals surface area contributed by atoms with E-state index in [1.807, 2.05) is 35.2 Å². The molecule has 2 aromatic carbocycles. The van der Waals surface area contributed by atoms with Crippen molar-refractivity contribution in [2.24, 2.45) is 0 Å². The van der Waals surface area contributed by atoms with E-state index in [4.69, 9.17) is 11.6 Å². The Hall–Kier alpha value is -1.89. The van der Waals surface area contributed by atoms with Crippen LogP contribution in [-0.2, 0) is 21.4 Å². The molecule has 0 spiro atoms. The molecule has 0 bridgehead atoms. The van der Waals surface area contributed by atoms with Gasteiger partial charge in [0, 0.05) is 30.6 Å². The Morgan fingerprint density at radius 2 is 1.85 bits per heavy atom. The highest BCUT2D eigenvalue weighted by Crippen LogP contribution is 2.29. The largest absolute Gasteiger partial charge is 0.335 e. The van der Waals surface area contributed by atoms with Gasteiger partial charge in [-0.05, 0) is 36.6 Å². The van der Waals surface area contributed by atoms with E-state index in [0.717, 1.165) is 18.4 Å². The van der Waals surface area contributed by atoms with Crippen molar-refractivity contribution in [3.63, 3.8) is 0 Å². The fourth-order valence-electron chi connectivity index (χ4n) is 2.74. The first-order valence-electron chi connectivity index (χ1n) is 8.54. The van der Waals surface area contributed by atoms with E-state index in [1.54, 1.807) is 12.1 Å². The Balaban J connectivity index is 1.57. The van der Waals surface area contributed by atoms with E-state index < -0.39 is 10.0 Å². The van der Waals surface area contributed by atoms with Crippen LogP contribution < -0.4 is 4.72 Å². The van der Waals surface area contributed by atoms with Gasteiger partial charge in [-0.15, -0.1) is 0 Å². The van der Waals surface area contributed by atoms with Crippen LogP contribution in [0.5, 0.6) is 0 Å². The van der Waals surface area contributed by atoms with Gasteiger partial charge in [0.15, 0.2) is 0 Å². The van der Waals surface area contributed by atoms with Gasteiger partial charge in [0.25, 0.3) is 0 Å². The molecule has 0 heterocycles. The van der Waals surface area contributed by atoms with Crippen molar-refractivity contribution in [2.45, 2.75) is 36.7 Å². The summed E-state index contributed by atoms with van der Waals surface area (Å²) >= 11 is 5.84. The summed E-state index contributed by atoms with van der Waals surface area (Å²) in [5, 5.41) is 0.353. The molecule has 1 aliphatic carbocycles. The fraction of sp³-hybridized carbons (Fsp3) is 0.316. The third-order valence-corrected chi connectivity index (χ3v) is 5.93. The number of hydrogen-bond acceptors (Lipinski definition) is 3. The molecule has 0 saturated heterocycles. The molecule has 26 heavy (non-hydrogen) atoms. The smallest absolute Gasteiger partial charge is 0.240 e. The minimum absolute atomic E-state index is 0.0369. The minimum Gasteiger partial charge on any atom is -0.335 e. The molecule has 0 atom stereocenters. The number of halogens is 1. The summed E-state index contributed by atoms with van der Waals surface area (Å²) in [6, 6.07) is 16.1. The average Bonchev–Trinajstić information content (AvgIpc) is 3.45. The summed E-state index contributed by atoms with van der Waals surface area (Å²) in [7, 11) is -3.67. The summed E-state index contributed by atoms with van der Waals surface area (Å²) in [5.41, 5.74) is 1.08. The van der Waals surface area contributed by atoms with Gasteiger partial charge in [-0.25, -0.2) is 13.1 Å². The monoisotopic (exact) mass is 392 g/mol. The van der Waals surface area contributed by atoms with Crippen molar-refractivity contribution in [1.82, 2.24) is 9.62 Å². The lowest BCUT2D eigenvalue weighted by Gasteiger charge is -2.22. The summed E-state index contributed by atoms with van der Waals surface area (Å²) < 4.78 is 27.0. The Kier molecular flexibility index (Phi) is 5.96. The molecule has 0 aliphatic heterocycles. The molecule has 5 nitrogen and oxygen atoms in total. The maximum atomic E-state index is 12.6. The zero-order chi connectivity index (χ0) is 18.6. The Bertz CT molecular complexity index is 867. The van der Waals surface area contributed by atoms with Gasteiger partial charge in [0.05, 0.1) is 4.90 Å². The number of nitrogens with zero attached hydrogens (tertiary/aromatic N) is 1. The standard InChI is InChI=1S/C19H21ClN2O3S/c20-16-7-4-8-18(13-16)26(24,25)21-12-11-19(23)22(17-9-10-17)14-15-5-2-1-3-6-15/h1-8,13,17,21H,9-12,14H2. The normalized spacial score (nSPS) is 14.2. The molecule has 0 aromatic heterocycles. The van der Waals surface area contributed by atoms with Crippen LogP contribution in [0.3, 0.4) is 0 Å². The second kappa shape index (κ2) is 8.20. The maximum Gasteiger partial charge on any atom is 0.240 e. The van der Waals surface area contributed by atoms with E-state index in [2.05, 4.69) is 4.72 Å². The SMILES string of the molecule is O=C(CCNS(=O)(=O)c1cccc(Cl)c1)N(Cc1ccccc1)C1CC1. The number of amides is 1. The van der Waals surface area contributed by atoms with Gasteiger partial charge < -0.3 is 4.90 Å². The molecule has 1 saturated carbocycles. The third kappa shape index (κ3) is 5.06. The lowest BCUT2D eigenvalue weighted by atomic mass is 10.2. The predicted molar refractivity (Wildman–Crippen MR) is 101 cm³/mol. The van der Waals surface area contributed by atoms with E-state index in [9.17, 15) is 13.2 Å². The zero-order valence-corrected chi connectivity index (χ0v) is 15.8. The Morgan fingerprint density at radius 3 is 2.50 bits per heavy atom. The number of hydrogen-bond donors (Lipinski definition) is 1. The topological polar surface area (TPSA) is 66.5 Å². The maximum absolute atomic E-state index is 12.6. The molecule has 3 rings (SSSR count). The highest BCUT2D eigenvalue weighted by Gasteiger charge is 2.32. The van der Waals surface area contributed by atoms with Crippen molar-refractivity contribution >= 4 is 27.5 Å². The highest BCUT2D eigenvalue weighted by atomic mass is 35.5. The van der Waals surface area contributed by atoms with Crippen LogP contribution in [0.1, 0.15) is 24.8 Å². The van der Waals surface area contributed by atoms with E-state index in [-0.39, 0.29) is 29.8 Å². The van der Waals surface area contributed by atoms with Gasteiger partial charge in [-0.1, -0.05) is 48.0 Å². The average molecular weight is 393 g/mol. The number of carbonyl (C=O) groups excluding carboxylic acids is 1. The van der Waals surface area contributed by atoms with Crippen LogP contribution in [0.15, 0.2) is 59.5 Å². The molecule has 1 fully saturated rings. The lowest BCUT2D eigenvalue weighted by molar-refractivity contribution is -0.132. The quantitative estimate of drug-likeness (QED) is 0.750. The van der Waals surface area contributed by atoms with Gasteiger partial charge >= 0.3 is 0 Å². The van der Waals surface area contributed by atoms with Crippen molar-refractivity contribution in [3.05, 3.63) is 65.2 Å². The van der Waals surface area contributed by atoms with Crippen LogP contribution in [-0.4, -0.2) is 31.8 Å². The molecule has 0 radical (unpaired) electrons. The highest BCUT2D eigenvalue weighted by molar-refractivity contribution is 7.89. The van der Waals surface area contributed by atoms with Crippen molar-refractivity contribution in [3.8, 4) is 0 Å². The van der Waals surface area contributed by atoms with Gasteiger partial charge in [0.1, 0.15) is 0 Å². The van der Waals surface area contributed by atoms with Crippen molar-refractivity contribution < 1.29 is 13.2 Å². The van der Waals surface area contributed by atoms with Crippen LogP contribution in [0.2, 0.25) is 5.02 Å².